The van der Waals surface area contributed by atoms with Crippen LogP contribution in [0.25, 0.3) is 0 Å². The molecular formula is C13H21N3O3S. The van der Waals surface area contributed by atoms with Crippen LogP contribution in [0.3, 0.4) is 0 Å². The highest BCUT2D eigenvalue weighted by molar-refractivity contribution is 7.89. The van der Waals surface area contributed by atoms with E-state index in [1.54, 1.807) is 18.2 Å². The van der Waals surface area contributed by atoms with Gasteiger partial charge in [0.1, 0.15) is 10.6 Å². The topological polar surface area (TPSA) is 89.4 Å². The van der Waals surface area contributed by atoms with E-state index < -0.39 is 10.0 Å². The number of aryl methyl sites for hydroxylation is 2. The summed E-state index contributed by atoms with van der Waals surface area (Å²) in [4.78, 5) is 0.237. The monoisotopic (exact) mass is 299 g/mol. The normalized spacial score (nSPS) is 31.4. The Balaban J connectivity index is 1.87. The van der Waals surface area contributed by atoms with Gasteiger partial charge in [0.05, 0.1) is 0 Å². The highest BCUT2D eigenvalue weighted by Gasteiger charge is 2.43. The molecule has 0 bridgehead atoms. The number of hydrogen-bond acceptors (Lipinski definition) is 5. The molecule has 0 spiro atoms. The number of sulfonamides is 1. The van der Waals surface area contributed by atoms with Crippen LogP contribution in [-0.2, 0) is 10.0 Å². The van der Waals surface area contributed by atoms with E-state index in [1.807, 2.05) is 0 Å². The first-order valence-electron chi connectivity index (χ1n) is 7.08. The molecule has 1 saturated heterocycles. The molecule has 0 aromatic carbocycles. The predicted octanol–water partition coefficient (Wildman–Crippen LogP) is 1.04. The standard InChI is InChI=1S/C13H21N3O3S/c1-8-13(9(2)19-15-8)20(17,18)16-6-10-3-4-12(14)5-11(10)7-16/h10-12H,3-7,14H2,1-2H3/t10-,11+,12?/m1/s1. The van der Waals surface area contributed by atoms with Crippen molar-refractivity contribution in [3.8, 4) is 0 Å². The first kappa shape index (κ1) is 14.0. The molecule has 1 saturated carbocycles. The van der Waals surface area contributed by atoms with Crippen molar-refractivity contribution in [2.24, 2.45) is 17.6 Å². The van der Waals surface area contributed by atoms with E-state index in [4.69, 9.17) is 10.3 Å². The molecule has 112 valence electrons. The highest BCUT2D eigenvalue weighted by Crippen LogP contribution is 2.38. The second kappa shape index (κ2) is 4.82. The van der Waals surface area contributed by atoms with Gasteiger partial charge in [0.2, 0.25) is 10.0 Å². The van der Waals surface area contributed by atoms with Crippen LogP contribution in [-0.4, -0.2) is 37.0 Å². The number of hydrogen-bond donors (Lipinski definition) is 1. The van der Waals surface area contributed by atoms with Crippen molar-refractivity contribution >= 4 is 10.0 Å². The molecule has 2 fully saturated rings. The fourth-order valence-electron chi connectivity index (χ4n) is 3.59. The number of nitrogens with zero attached hydrogens (tertiary/aromatic N) is 2. The first-order valence-corrected chi connectivity index (χ1v) is 8.52. The van der Waals surface area contributed by atoms with E-state index in [0.717, 1.165) is 19.3 Å². The lowest BCUT2D eigenvalue weighted by atomic mass is 9.79. The minimum atomic E-state index is -3.50. The lowest BCUT2D eigenvalue weighted by Crippen LogP contribution is -2.32. The zero-order valence-corrected chi connectivity index (χ0v) is 12.7. The van der Waals surface area contributed by atoms with Gasteiger partial charge in [-0.3, -0.25) is 0 Å². The van der Waals surface area contributed by atoms with Gasteiger partial charge in [-0.2, -0.15) is 4.31 Å². The molecule has 1 aromatic rings. The van der Waals surface area contributed by atoms with E-state index in [-0.39, 0.29) is 10.9 Å². The fraction of sp³-hybridized carbons (Fsp3) is 0.769. The Labute approximate surface area is 119 Å². The summed E-state index contributed by atoms with van der Waals surface area (Å²) in [7, 11) is -3.50. The minimum Gasteiger partial charge on any atom is -0.360 e. The highest BCUT2D eigenvalue weighted by atomic mass is 32.2. The minimum absolute atomic E-state index is 0.220. The molecule has 2 heterocycles. The third-order valence-electron chi connectivity index (χ3n) is 4.62. The smallest absolute Gasteiger partial charge is 0.248 e. The van der Waals surface area contributed by atoms with Crippen molar-refractivity contribution in [3.63, 3.8) is 0 Å². The van der Waals surface area contributed by atoms with Gasteiger partial charge in [-0.05, 0) is 44.9 Å². The molecule has 3 rings (SSSR count). The van der Waals surface area contributed by atoms with Crippen LogP contribution in [0.4, 0.5) is 0 Å². The number of nitrogens with two attached hydrogens (primary N) is 1. The first-order chi connectivity index (χ1) is 9.39. The average Bonchev–Trinajstić information content (AvgIpc) is 2.93. The van der Waals surface area contributed by atoms with Crippen molar-refractivity contribution in [1.82, 2.24) is 9.46 Å². The second-order valence-corrected chi connectivity index (χ2v) is 7.94. The lowest BCUT2D eigenvalue weighted by molar-refractivity contribution is 0.271. The Morgan fingerprint density at radius 1 is 1.25 bits per heavy atom. The van der Waals surface area contributed by atoms with Crippen LogP contribution < -0.4 is 5.73 Å². The van der Waals surface area contributed by atoms with Crippen molar-refractivity contribution in [2.75, 3.05) is 13.1 Å². The van der Waals surface area contributed by atoms with E-state index in [9.17, 15) is 8.42 Å². The van der Waals surface area contributed by atoms with Gasteiger partial charge >= 0.3 is 0 Å². The van der Waals surface area contributed by atoms with Crippen LogP contribution in [0.2, 0.25) is 0 Å². The SMILES string of the molecule is Cc1noc(C)c1S(=O)(=O)N1C[C@H]2CCC(N)C[C@H]2C1. The van der Waals surface area contributed by atoms with Gasteiger partial charge < -0.3 is 10.3 Å². The third-order valence-corrected chi connectivity index (χ3v) is 6.70. The molecule has 0 amide bonds. The summed E-state index contributed by atoms with van der Waals surface area (Å²) in [5.41, 5.74) is 6.43. The molecule has 20 heavy (non-hydrogen) atoms. The van der Waals surface area contributed by atoms with Gasteiger partial charge in [0, 0.05) is 19.1 Å². The summed E-state index contributed by atoms with van der Waals surface area (Å²) in [6.45, 7) is 4.49. The Hall–Kier alpha value is -0.920. The molecule has 1 unspecified atom stereocenters. The summed E-state index contributed by atoms with van der Waals surface area (Å²) >= 11 is 0. The van der Waals surface area contributed by atoms with E-state index in [1.165, 1.54) is 0 Å². The van der Waals surface area contributed by atoms with E-state index in [2.05, 4.69) is 5.16 Å². The molecule has 1 aromatic heterocycles. The van der Waals surface area contributed by atoms with E-state index in [0.29, 0.717) is 36.4 Å². The van der Waals surface area contributed by atoms with Crippen molar-refractivity contribution in [2.45, 2.75) is 44.0 Å². The predicted molar refractivity (Wildman–Crippen MR) is 73.5 cm³/mol. The fourth-order valence-corrected chi connectivity index (χ4v) is 5.44. The number of fused-ring (bicyclic) bond motifs is 1. The van der Waals surface area contributed by atoms with Crippen LogP contribution in [0, 0.1) is 25.7 Å². The molecule has 2 N–H and O–H groups in total. The molecule has 0 radical (unpaired) electrons. The van der Waals surface area contributed by atoms with Crippen LogP contribution in [0.5, 0.6) is 0 Å². The lowest BCUT2D eigenvalue weighted by Gasteiger charge is -2.28. The molecule has 2 aliphatic rings. The van der Waals surface area contributed by atoms with Crippen molar-refractivity contribution in [1.29, 1.82) is 0 Å². The number of aromatic nitrogens is 1. The summed E-state index contributed by atoms with van der Waals surface area (Å²) in [6, 6.07) is 0.220. The van der Waals surface area contributed by atoms with E-state index >= 15 is 0 Å². The van der Waals surface area contributed by atoms with Crippen molar-refractivity contribution < 1.29 is 12.9 Å². The summed E-state index contributed by atoms with van der Waals surface area (Å²) < 4.78 is 32.1. The maximum Gasteiger partial charge on any atom is 0.248 e. The third kappa shape index (κ3) is 2.17. The van der Waals surface area contributed by atoms with Crippen molar-refractivity contribution in [3.05, 3.63) is 11.5 Å². The maximum atomic E-state index is 12.8. The molecule has 1 aliphatic heterocycles. The molecule has 7 heteroatoms. The zero-order chi connectivity index (χ0) is 14.5. The maximum absolute atomic E-state index is 12.8. The zero-order valence-electron chi connectivity index (χ0n) is 11.9. The van der Waals surface area contributed by atoms with Crippen LogP contribution in [0.1, 0.15) is 30.7 Å². The van der Waals surface area contributed by atoms with Crippen LogP contribution in [0.15, 0.2) is 9.42 Å². The number of rotatable bonds is 2. The van der Waals surface area contributed by atoms with Gasteiger partial charge in [-0.25, -0.2) is 8.42 Å². The van der Waals surface area contributed by atoms with Gasteiger partial charge in [0.15, 0.2) is 5.76 Å². The summed E-state index contributed by atoms with van der Waals surface area (Å²) in [6.07, 6.45) is 2.96. The Kier molecular flexibility index (Phi) is 3.38. The van der Waals surface area contributed by atoms with Gasteiger partial charge in [0.25, 0.3) is 0 Å². The Morgan fingerprint density at radius 3 is 2.60 bits per heavy atom. The van der Waals surface area contributed by atoms with Gasteiger partial charge in [-0.15, -0.1) is 0 Å². The largest absolute Gasteiger partial charge is 0.360 e. The Morgan fingerprint density at radius 2 is 1.95 bits per heavy atom. The molecule has 3 atom stereocenters. The second-order valence-electron chi connectivity index (χ2n) is 6.07. The Bertz CT molecular complexity index is 591. The van der Waals surface area contributed by atoms with Crippen LogP contribution >= 0.6 is 0 Å². The molecular weight excluding hydrogens is 278 g/mol. The summed E-state index contributed by atoms with van der Waals surface area (Å²) in [5.74, 6) is 1.22. The van der Waals surface area contributed by atoms with Gasteiger partial charge in [-0.1, -0.05) is 5.16 Å². The quantitative estimate of drug-likeness (QED) is 0.881. The summed E-state index contributed by atoms with van der Waals surface area (Å²) in [5, 5.41) is 3.76. The average molecular weight is 299 g/mol. The molecule has 1 aliphatic carbocycles. The molecule has 6 nitrogen and oxygen atoms in total.